The van der Waals surface area contributed by atoms with Crippen LogP contribution in [0.3, 0.4) is 0 Å². The fourth-order valence-corrected chi connectivity index (χ4v) is 3.58. The molecule has 0 unspecified atom stereocenters. The molecule has 0 bridgehead atoms. The van der Waals surface area contributed by atoms with E-state index in [-0.39, 0.29) is 24.7 Å². The lowest BCUT2D eigenvalue weighted by molar-refractivity contribution is -0.583. The normalized spacial score (nSPS) is 20.6. The standard InChI is InChI=1S/C24H22NO3/c1-27-21-14-12-18(13-15-21)16-25-17-22(26)28-24(20-10-6-3-7-11-20)23(25)19-8-4-2-5-9-19/h2-16,23-24H,17H2,1H3/q+1/t23-,24+/m0/s1. The summed E-state index contributed by atoms with van der Waals surface area (Å²) in [7, 11) is 1.65. The predicted octanol–water partition coefficient (Wildman–Crippen LogP) is 4.17. The van der Waals surface area contributed by atoms with E-state index in [0.717, 1.165) is 22.4 Å². The summed E-state index contributed by atoms with van der Waals surface area (Å²) in [6.45, 7) is 0.203. The van der Waals surface area contributed by atoms with Crippen molar-refractivity contribution < 1.29 is 18.8 Å². The minimum Gasteiger partial charge on any atom is -0.497 e. The third-order valence-corrected chi connectivity index (χ3v) is 4.91. The highest BCUT2D eigenvalue weighted by Gasteiger charge is 2.42. The summed E-state index contributed by atoms with van der Waals surface area (Å²) in [6, 6.07) is 27.8. The number of methoxy groups -OCH3 is 1. The molecule has 2 atom stereocenters. The van der Waals surface area contributed by atoms with Gasteiger partial charge in [0.2, 0.25) is 12.6 Å². The molecule has 0 spiro atoms. The number of esters is 1. The van der Waals surface area contributed by atoms with Crippen LogP contribution in [0.25, 0.3) is 0 Å². The van der Waals surface area contributed by atoms with Crippen molar-refractivity contribution in [3.8, 4) is 5.75 Å². The second kappa shape index (κ2) is 8.09. The fourth-order valence-electron chi connectivity index (χ4n) is 3.58. The molecule has 0 amide bonds. The summed E-state index contributed by atoms with van der Waals surface area (Å²) in [5.41, 5.74) is 3.09. The lowest BCUT2D eigenvalue weighted by Crippen LogP contribution is -2.39. The van der Waals surface area contributed by atoms with Gasteiger partial charge in [0.15, 0.2) is 12.3 Å². The molecule has 4 nitrogen and oxygen atoms in total. The van der Waals surface area contributed by atoms with Crippen LogP contribution in [0.5, 0.6) is 5.75 Å². The van der Waals surface area contributed by atoms with Crippen molar-refractivity contribution in [1.29, 1.82) is 0 Å². The highest BCUT2D eigenvalue weighted by atomic mass is 16.5. The van der Waals surface area contributed by atoms with Gasteiger partial charge in [-0.15, -0.1) is 0 Å². The molecule has 28 heavy (non-hydrogen) atoms. The van der Waals surface area contributed by atoms with Gasteiger partial charge in [0.1, 0.15) is 5.75 Å². The van der Waals surface area contributed by atoms with Crippen LogP contribution >= 0.6 is 0 Å². The molecule has 0 saturated carbocycles. The van der Waals surface area contributed by atoms with Gasteiger partial charge in [-0.2, -0.15) is 0 Å². The van der Waals surface area contributed by atoms with Crippen LogP contribution in [0.1, 0.15) is 28.8 Å². The summed E-state index contributed by atoms with van der Waals surface area (Å²) in [6.07, 6.45) is 1.65. The zero-order valence-corrected chi connectivity index (χ0v) is 15.7. The minimum atomic E-state index is -0.376. The van der Waals surface area contributed by atoms with Gasteiger partial charge in [-0.1, -0.05) is 60.7 Å². The molecule has 3 aromatic rings. The van der Waals surface area contributed by atoms with E-state index in [4.69, 9.17) is 9.47 Å². The first kappa shape index (κ1) is 18.0. The Morgan fingerprint density at radius 3 is 2.11 bits per heavy atom. The predicted molar refractivity (Wildman–Crippen MR) is 108 cm³/mol. The number of carbonyl (C=O) groups is 1. The summed E-state index contributed by atoms with van der Waals surface area (Å²) >= 11 is 0. The largest absolute Gasteiger partial charge is 0.497 e. The number of nitrogens with zero attached hydrogens (tertiary/aromatic N) is 1. The van der Waals surface area contributed by atoms with Gasteiger partial charge >= 0.3 is 5.97 Å². The first-order valence-corrected chi connectivity index (χ1v) is 9.28. The highest BCUT2D eigenvalue weighted by Crippen LogP contribution is 2.37. The number of carbonyl (C=O) groups excluding carboxylic acids is 1. The Kier molecular flexibility index (Phi) is 5.20. The van der Waals surface area contributed by atoms with Gasteiger partial charge in [0.25, 0.3) is 0 Å². The Morgan fingerprint density at radius 2 is 1.50 bits per heavy atom. The molecule has 3 aromatic carbocycles. The van der Waals surface area contributed by atoms with Gasteiger partial charge in [0.05, 0.1) is 7.11 Å². The van der Waals surface area contributed by atoms with Crippen molar-refractivity contribution in [1.82, 2.24) is 0 Å². The number of morpholine rings is 1. The van der Waals surface area contributed by atoms with Crippen molar-refractivity contribution in [2.45, 2.75) is 12.1 Å². The van der Waals surface area contributed by atoms with Gasteiger partial charge in [-0.3, -0.25) is 0 Å². The molecule has 0 N–H and O–H groups in total. The zero-order valence-electron chi connectivity index (χ0n) is 15.7. The quantitative estimate of drug-likeness (QED) is 0.510. The zero-order chi connectivity index (χ0) is 19.3. The van der Waals surface area contributed by atoms with Crippen molar-refractivity contribution >= 4 is 12.2 Å². The molecule has 4 heteroatoms. The second-order valence-electron chi connectivity index (χ2n) is 6.75. The topological polar surface area (TPSA) is 38.5 Å². The molecule has 1 heterocycles. The molecule has 1 aliphatic heterocycles. The maximum absolute atomic E-state index is 12.4. The Morgan fingerprint density at radius 1 is 0.893 bits per heavy atom. The summed E-state index contributed by atoms with van der Waals surface area (Å²) in [4.78, 5) is 12.4. The van der Waals surface area contributed by atoms with Crippen LogP contribution in [0.2, 0.25) is 0 Å². The molecular formula is C24H22NO3+. The van der Waals surface area contributed by atoms with E-state index in [9.17, 15) is 4.79 Å². The van der Waals surface area contributed by atoms with E-state index in [1.54, 1.807) is 7.11 Å². The first-order chi connectivity index (χ1) is 13.7. The maximum Gasteiger partial charge on any atom is 0.373 e. The lowest BCUT2D eigenvalue weighted by Gasteiger charge is -2.29. The van der Waals surface area contributed by atoms with Crippen LogP contribution in [0.15, 0.2) is 84.9 Å². The van der Waals surface area contributed by atoms with Crippen LogP contribution in [-0.2, 0) is 9.53 Å². The monoisotopic (exact) mass is 372 g/mol. The van der Waals surface area contributed by atoms with E-state index in [1.165, 1.54) is 0 Å². The van der Waals surface area contributed by atoms with E-state index < -0.39 is 0 Å². The van der Waals surface area contributed by atoms with Crippen LogP contribution in [0, 0.1) is 0 Å². The van der Waals surface area contributed by atoms with Crippen LogP contribution < -0.4 is 4.74 Å². The fraction of sp³-hybridized carbons (Fsp3) is 0.167. The Balaban J connectivity index is 1.79. The average Bonchev–Trinajstić information content (AvgIpc) is 2.75. The van der Waals surface area contributed by atoms with E-state index in [2.05, 4.69) is 16.7 Å². The first-order valence-electron chi connectivity index (χ1n) is 9.28. The minimum absolute atomic E-state index is 0.108. The highest BCUT2D eigenvalue weighted by molar-refractivity contribution is 5.78. The molecule has 1 fully saturated rings. The Hall–Kier alpha value is -3.40. The van der Waals surface area contributed by atoms with Gasteiger partial charge in [-0.05, 0) is 29.8 Å². The average molecular weight is 372 g/mol. The Bertz CT molecular complexity index is 966. The molecule has 1 aliphatic rings. The van der Waals surface area contributed by atoms with E-state index in [1.807, 2.05) is 79.0 Å². The summed E-state index contributed by atoms with van der Waals surface area (Å²) < 4.78 is 13.1. The number of rotatable bonds is 4. The molecular weight excluding hydrogens is 350 g/mol. The molecule has 0 radical (unpaired) electrons. The van der Waals surface area contributed by atoms with Crippen LogP contribution in [0.4, 0.5) is 0 Å². The van der Waals surface area contributed by atoms with Gasteiger partial charge < -0.3 is 9.47 Å². The molecule has 4 rings (SSSR count). The number of cyclic esters (lactones) is 1. The third kappa shape index (κ3) is 3.81. The Labute approximate surface area is 164 Å². The lowest BCUT2D eigenvalue weighted by atomic mass is 9.93. The maximum atomic E-state index is 12.4. The SMILES string of the molecule is COc1ccc(C=[N+]2CC(=O)O[C@H](c3ccccc3)[C@@H]2c2ccccc2)cc1. The van der Waals surface area contributed by atoms with Crippen molar-refractivity contribution in [2.75, 3.05) is 13.7 Å². The van der Waals surface area contributed by atoms with E-state index >= 15 is 0 Å². The molecule has 0 aromatic heterocycles. The van der Waals surface area contributed by atoms with Crippen molar-refractivity contribution in [3.63, 3.8) is 0 Å². The van der Waals surface area contributed by atoms with Crippen LogP contribution in [-0.4, -0.2) is 30.4 Å². The number of ether oxygens (including phenoxy) is 2. The molecule has 140 valence electrons. The molecule has 1 saturated heterocycles. The number of hydrogen-bond donors (Lipinski definition) is 0. The van der Waals surface area contributed by atoms with Crippen molar-refractivity contribution in [3.05, 3.63) is 102 Å². The third-order valence-electron chi connectivity index (χ3n) is 4.91. The smallest absolute Gasteiger partial charge is 0.373 e. The second-order valence-corrected chi connectivity index (χ2v) is 6.75. The van der Waals surface area contributed by atoms with E-state index in [0.29, 0.717) is 0 Å². The number of benzene rings is 3. The van der Waals surface area contributed by atoms with Gasteiger partial charge in [0, 0.05) is 11.1 Å². The number of hydrogen-bond acceptors (Lipinski definition) is 3. The summed E-state index contributed by atoms with van der Waals surface area (Å²) in [5.74, 6) is 0.572. The van der Waals surface area contributed by atoms with Gasteiger partial charge in [-0.25, -0.2) is 9.37 Å². The summed E-state index contributed by atoms with van der Waals surface area (Å²) in [5, 5.41) is 0. The van der Waals surface area contributed by atoms with Crippen molar-refractivity contribution in [2.24, 2.45) is 0 Å². The molecule has 0 aliphatic carbocycles.